The monoisotopic (exact) mass is 378 g/mol. The summed E-state index contributed by atoms with van der Waals surface area (Å²) in [6.45, 7) is 2.77. The Labute approximate surface area is 132 Å². The molecule has 2 rings (SSSR count). The minimum absolute atomic E-state index is 0.560. The van der Waals surface area contributed by atoms with E-state index in [2.05, 4.69) is 59.1 Å². The molecule has 2 aromatic carbocycles. The van der Waals surface area contributed by atoms with Crippen LogP contribution in [0, 0.1) is 21.8 Å². The van der Waals surface area contributed by atoms with Gasteiger partial charge in [0.2, 0.25) is 0 Å². The number of hydrogen-bond acceptors (Lipinski definition) is 3. The number of methoxy groups -OCH3 is 1. The van der Waals surface area contributed by atoms with Gasteiger partial charge in [-0.25, -0.2) is 0 Å². The zero-order valence-electron chi connectivity index (χ0n) is 11.4. The Morgan fingerprint density at radius 3 is 2.70 bits per heavy atom. The van der Waals surface area contributed by atoms with E-state index in [0.717, 1.165) is 11.3 Å². The Morgan fingerprint density at radius 1 is 1.25 bits per heavy atom. The van der Waals surface area contributed by atoms with Gasteiger partial charge in [0.25, 0.3) is 0 Å². The van der Waals surface area contributed by atoms with Crippen molar-refractivity contribution in [1.82, 2.24) is 0 Å². The number of hydrogen-bond donors (Lipinski definition) is 1. The topological polar surface area (TPSA) is 45.0 Å². The first-order valence-corrected chi connectivity index (χ1v) is 7.29. The number of benzene rings is 2. The van der Waals surface area contributed by atoms with Crippen molar-refractivity contribution in [3.05, 3.63) is 56.7 Å². The lowest BCUT2D eigenvalue weighted by Gasteiger charge is -2.10. The molecule has 102 valence electrons. The van der Waals surface area contributed by atoms with Gasteiger partial charge in [0.05, 0.1) is 12.7 Å². The molecule has 0 heterocycles. The highest BCUT2D eigenvalue weighted by Gasteiger charge is 2.04. The molecule has 4 heteroatoms. The van der Waals surface area contributed by atoms with E-state index in [0.29, 0.717) is 17.9 Å². The van der Waals surface area contributed by atoms with Gasteiger partial charge in [-0.3, -0.25) is 0 Å². The summed E-state index contributed by atoms with van der Waals surface area (Å²) >= 11 is 2.33. The lowest BCUT2D eigenvalue weighted by Crippen LogP contribution is -2.01. The van der Waals surface area contributed by atoms with Crippen molar-refractivity contribution in [1.29, 1.82) is 5.26 Å². The van der Waals surface area contributed by atoms with Crippen LogP contribution < -0.4 is 10.1 Å². The minimum atomic E-state index is 0.560. The van der Waals surface area contributed by atoms with Crippen LogP contribution in [0.15, 0.2) is 36.4 Å². The molecule has 0 aliphatic heterocycles. The van der Waals surface area contributed by atoms with E-state index in [4.69, 9.17) is 10.00 Å². The lowest BCUT2D eigenvalue weighted by molar-refractivity contribution is 0.413. The summed E-state index contributed by atoms with van der Waals surface area (Å²) in [4.78, 5) is 0. The van der Waals surface area contributed by atoms with Crippen molar-refractivity contribution in [3.8, 4) is 11.8 Å². The van der Waals surface area contributed by atoms with Crippen LogP contribution in [0.3, 0.4) is 0 Å². The van der Waals surface area contributed by atoms with Crippen LogP contribution >= 0.6 is 22.6 Å². The first-order valence-electron chi connectivity index (χ1n) is 6.21. The van der Waals surface area contributed by atoms with Gasteiger partial charge in [-0.2, -0.15) is 5.26 Å². The largest absolute Gasteiger partial charge is 0.495 e. The van der Waals surface area contributed by atoms with E-state index in [1.165, 1.54) is 9.13 Å². The van der Waals surface area contributed by atoms with Gasteiger partial charge in [-0.05, 0) is 64.9 Å². The van der Waals surface area contributed by atoms with E-state index < -0.39 is 0 Å². The smallest absolute Gasteiger partial charge is 0.136 e. The molecule has 0 atom stereocenters. The Kier molecular flexibility index (Phi) is 4.85. The number of nitriles is 1. The van der Waals surface area contributed by atoms with Gasteiger partial charge < -0.3 is 10.1 Å². The summed E-state index contributed by atoms with van der Waals surface area (Å²) in [5, 5.41) is 12.4. The van der Waals surface area contributed by atoms with Crippen molar-refractivity contribution in [2.45, 2.75) is 13.5 Å². The first kappa shape index (κ1) is 14.7. The predicted octanol–water partition coefficient (Wildman–Crippen LogP) is 4.09. The van der Waals surface area contributed by atoms with Crippen molar-refractivity contribution < 1.29 is 4.74 Å². The van der Waals surface area contributed by atoms with Crippen LogP contribution in [-0.2, 0) is 6.54 Å². The molecule has 0 aromatic heterocycles. The molecule has 0 aliphatic rings. The van der Waals surface area contributed by atoms with Crippen molar-refractivity contribution >= 4 is 28.3 Å². The fraction of sp³-hybridized carbons (Fsp3) is 0.188. The van der Waals surface area contributed by atoms with E-state index in [1.807, 2.05) is 18.2 Å². The maximum Gasteiger partial charge on any atom is 0.136 e. The molecule has 0 bridgehead atoms. The second-order valence-electron chi connectivity index (χ2n) is 4.46. The van der Waals surface area contributed by atoms with Crippen LogP contribution in [0.2, 0.25) is 0 Å². The summed E-state index contributed by atoms with van der Waals surface area (Å²) in [6, 6.07) is 14.1. The second kappa shape index (κ2) is 6.62. The molecule has 0 amide bonds. The van der Waals surface area contributed by atoms with E-state index >= 15 is 0 Å². The SMILES string of the molecule is COc1ccc(CNc2ccc(C)c(I)c2)cc1C#N. The molecule has 0 radical (unpaired) electrons. The third kappa shape index (κ3) is 3.42. The third-order valence-electron chi connectivity index (χ3n) is 3.05. The van der Waals surface area contributed by atoms with Crippen LogP contribution in [0.4, 0.5) is 5.69 Å². The minimum Gasteiger partial charge on any atom is -0.495 e. The van der Waals surface area contributed by atoms with Gasteiger partial charge in [0.1, 0.15) is 11.8 Å². The highest BCUT2D eigenvalue weighted by Crippen LogP contribution is 2.21. The molecular weight excluding hydrogens is 363 g/mol. The number of nitrogens with zero attached hydrogens (tertiary/aromatic N) is 1. The van der Waals surface area contributed by atoms with Gasteiger partial charge in [-0.1, -0.05) is 12.1 Å². The van der Waals surface area contributed by atoms with Crippen molar-refractivity contribution in [2.24, 2.45) is 0 Å². The quantitative estimate of drug-likeness (QED) is 0.816. The van der Waals surface area contributed by atoms with Crippen LogP contribution in [0.1, 0.15) is 16.7 Å². The maximum atomic E-state index is 9.07. The fourth-order valence-electron chi connectivity index (χ4n) is 1.86. The summed E-state index contributed by atoms with van der Waals surface area (Å²) in [5.74, 6) is 0.612. The molecule has 0 fully saturated rings. The molecule has 1 N–H and O–H groups in total. The predicted molar refractivity (Wildman–Crippen MR) is 88.9 cm³/mol. The van der Waals surface area contributed by atoms with E-state index in [-0.39, 0.29) is 0 Å². The van der Waals surface area contributed by atoms with E-state index in [1.54, 1.807) is 7.11 Å². The summed E-state index contributed by atoms with van der Waals surface area (Å²) in [5.41, 5.74) is 3.96. The second-order valence-corrected chi connectivity index (χ2v) is 5.63. The normalized spacial score (nSPS) is 9.90. The maximum absolute atomic E-state index is 9.07. The van der Waals surface area contributed by atoms with Gasteiger partial charge in [-0.15, -0.1) is 0 Å². The molecule has 3 nitrogen and oxygen atoms in total. The molecule has 0 spiro atoms. The van der Waals surface area contributed by atoms with Gasteiger partial charge >= 0.3 is 0 Å². The zero-order valence-corrected chi connectivity index (χ0v) is 13.6. The number of nitrogens with one attached hydrogen (secondary N) is 1. The highest BCUT2D eigenvalue weighted by molar-refractivity contribution is 14.1. The average Bonchev–Trinajstić information content (AvgIpc) is 2.48. The van der Waals surface area contributed by atoms with Crippen LogP contribution in [0.25, 0.3) is 0 Å². The molecular formula is C16H15IN2O. The van der Waals surface area contributed by atoms with Gasteiger partial charge in [0, 0.05) is 15.8 Å². The Bertz CT molecular complexity index is 662. The molecule has 20 heavy (non-hydrogen) atoms. The van der Waals surface area contributed by atoms with Crippen LogP contribution in [0.5, 0.6) is 5.75 Å². The molecule has 0 saturated heterocycles. The first-order chi connectivity index (χ1) is 9.63. The Hall–Kier alpha value is -1.74. The number of ether oxygens (including phenoxy) is 1. The van der Waals surface area contributed by atoms with Crippen LogP contribution in [-0.4, -0.2) is 7.11 Å². The highest BCUT2D eigenvalue weighted by atomic mass is 127. The molecule has 0 aliphatic carbocycles. The fourth-order valence-corrected chi connectivity index (χ4v) is 2.37. The van der Waals surface area contributed by atoms with Gasteiger partial charge in [0.15, 0.2) is 0 Å². The standard InChI is InChI=1S/C16H15IN2O/c1-11-3-5-14(8-15(11)17)19-10-12-4-6-16(20-2)13(7-12)9-18/h3-8,19H,10H2,1-2H3. The molecule has 0 unspecified atom stereocenters. The number of rotatable bonds is 4. The summed E-state index contributed by atoms with van der Waals surface area (Å²) in [6.07, 6.45) is 0. The van der Waals surface area contributed by atoms with Crippen molar-refractivity contribution in [2.75, 3.05) is 12.4 Å². The zero-order chi connectivity index (χ0) is 14.5. The number of aryl methyl sites for hydroxylation is 1. The van der Waals surface area contributed by atoms with Crippen molar-refractivity contribution in [3.63, 3.8) is 0 Å². The Balaban J connectivity index is 2.11. The third-order valence-corrected chi connectivity index (χ3v) is 4.22. The lowest BCUT2D eigenvalue weighted by atomic mass is 10.1. The number of anilines is 1. The summed E-state index contributed by atoms with van der Waals surface area (Å²) < 4.78 is 6.38. The molecule has 2 aromatic rings. The Morgan fingerprint density at radius 2 is 2.05 bits per heavy atom. The summed E-state index contributed by atoms with van der Waals surface area (Å²) in [7, 11) is 1.57. The number of halogens is 1. The van der Waals surface area contributed by atoms with E-state index in [9.17, 15) is 0 Å². The average molecular weight is 378 g/mol. The molecule has 0 saturated carbocycles.